The molecule has 3 aromatic rings. The summed E-state index contributed by atoms with van der Waals surface area (Å²) >= 11 is 0. The topological polar surface area (TPSA) is 92.8 Å². The van der Waals surface area contributed by atoms with Gasteiger partial charge in [0, 0.05) is 32.1 Å². The first-order valence-corrected chi connectivity index (χ1v) is 12.2. The molecule has 1 unspecified atom stereocenters. The molecule has 0 spiro atoms. The molecule has 2 aromatic carbocycles. The molecule has 178 valence electrons. The second-order valence-electron chi connectivity index (χ2n) is 9.31. The summed E-state index contributed by atoms with van der Waals surface area (Å²) in [4.78, 5) is 30.5. The molecule has 1 aromatic heterocycles. The first kappa shape index (κ1) is 23.0. The standard InChI is InChI=1S/C29H28N2O4/c1-18-8-5-6-11-21(18)30-22-12-7-13-24(32)28(22)25(33)15-14-23-29-26(34)16-20(17-27(29)35-31-23)19-9-3-2-4-10-19/h2-6,8-11,20,33H,7,12-17H2,1H3/b28-25-,30-22?. The summed E-state index contributed by atoms with van der Waals surface area (Å²) in [5.74, 6) is 0.605. The van der Waals surface area contributed by atoms with Gasteiger partial charge in [-0.1, -0.05) is 53.7 Å². The number of aliphatic imine (C=N–C) groups is 1. The van der Waals surface area contributed by atoms with Crippen LogP contribution < -0.4 is 0 Å². The van der Waals surface area contributed by atoms with Crippen LogP contribution in [0.15, 0.2) is 75.4 Å². The molecule has 35 heavy (non-hydrogen) atoms. The Kier molecular flexibility index (Phi) is 6.45. The van der Waals surface area contributed by atoms with Gasteiger partial charge in [-0.2, -0.15) is 0 Å². The molecule has 0 amide bonds. The second kappa shape index (κ2) is 9.82. The maximum absolute atomic E-state index is 13.0. The van der Waals surface area contributed by atoms with Gasteiger partial charge in [-0.05, 0) is 42.9 Å². The van der Waals surface area contributed by atoms with Crippen LogP contribution in [0, 0.1) is 6.92 Å². The Morgan fingerprint density at radius 3 is 2.60 bits per heavy atom. The van der Waals surface area contributed by atoms with Gasteiger partial charge < -0.3 is 9.63 Å². The van der Waals surface area contributed by atoms with Gasteiger partial charge in [-0.25, -0.2) is 0 Å². The number of hydrogen-bond acceptors (Lipinski definition) is 6. The SMILES string of the molecule is Cc1ccccc1N=C1CCCC(=O)/C1=C(\O)CCc1noc2c1C(=O)CC(c1ccccc1)C2. The third kappa shape index (κ3) is 4.74. The number of nitrogens with zero attached hydrogens (tertiary/aromatic N) is 2. The van der Waals surface area contributed by atoms with E-state index in [2.05, 4.69) is 5.16 Å². The maximum atomic E-state index is 13.0. The number of allylic oxidation sites excluding steroid dienone is 2. The normalized spacial score (nSPS) is 20.7. The average molecular weight is 469 g/mol. The van der Waals surface area contributed by atoms with Crippen LogP contribution in [0.1, 0.15) is 71.0 Å². The summed E-state index contributed by atoms with van der Waals surface area (Å²) in [7, 11) is 0. The Hall–Kier alpha value is -3.80. The fraction of sp³-hybridized carbons (Fsp3) is 0.310. The zero-order valence-corrected chi connectivity index (χ0v) is 19.8. The van der Waals surface area contributed by atoms with Crippen molar-refractivity contribution < 1.29 is 19.2 Å². The summed E-state index contributed by atoms with van der Waals surface area (Å²) in [6.45, 7) is 1.97. The number of aryl methyl sites for hydroxylation is 2. The van der Waals surface area contributed by atoms with E-state index >= 15 is 0 Å². The quantitative estimate of drug-likeness (QED) is 0.357. The number of aromatic nitrogens is 1. The molecule has 0 saturated heterocycles. The minimum atomic E-state index is -0.0926. The monoisotopic (exact) mass is 468 g/mol. The van der Waals surface area contributed by atoms with Crippen LogP contribution in [-0.4, -0.2) is 27.5 Å². The molecule has 1 heterocycles. The van der Waals surface area contributed by atoms with E-state index in [0.717, 1.165) is 16.8 Å². The molecule has 1 saturated carbocycles. The van der Waals surface area contributed by atoms with Crippen molar-refractivity contribution in [3.8, 4) is 0 Å². The first-order valence-electron chi connectivity index (χ1n) is 12.2. The molecule has 1 N–H and O–H groups in total. The van der Waals surface area contributed by atoms with E-state index in [1.165, 1.54) is 0 Å². The minimum absolute atomic E-state index is 0.00389. The van der Waals surface area contributed by atoms with Crippen molar-refractivity contribution in [2.24, 2.45) is 4.99 Å². The Morgan fingerprint density at radius 1 is 1.03 bits per heavy atom. The van der Waals surface area contributed by atoms with Crippen molar-refractivity contribution in [2.45, 2.75) is 57.8 Å². The molecule has 1 fully saturated rings. The summed E-state index contributed by atoms with van der Waals surface area (Å²) < 4.78 is 5.56. The number of carbonyl (C=O) groups excluding carboxylic acids is 2. The molecule has 0 bridgehead atoms. The summed E-state index contributed by atoms with van der Waals surface area (Å²) in [6.07, 6.45) is 3.29. The van der Waals surface area contributed by atoms with Gasteiger partial charge >= 0.3 is 0 Å². The average Bonchev–Trinajstić information content (AvgIpc) is 3.28. The van der Waals surface area contributed by atoms with Gasteiger partial charge in [0.15, 0.2) is 11.6 Å². The number of aliphatic hydroxyl groups is 1. The number of aliphatic hydroxyl groups excluding tert-OH is 1. The molecule has 1 atom stereocenters. The molecule has 2 aliphatic rings. The second-order valence-corrected chi connectivity index (χ2v) is 9.31. The highest BCUT2D eigenvalue weighted by Gasteiger charge is 2.33. The highest BCUT2D eigenvalue weighted by atomic mass is 16.5. The zero-order valence-electron chi connectivity index (χ0n) is 19.8. The number of Topliss-reactive ketones (excluding diaryl/α,β-unsaturated/α-hetero) is 2. The summed E-state index contributed by atoms with van der Waals surface area (Å²) in [5, 5.41) is 15.1. The largest absolute Gasteiger partial charge is 0.511 e. The van der Waals surface area contributed by atoms with E-state index in [1.807, 2.05) is 61.5 Å². The summed E-state index contributed by atoms with van der Waals surface area (Å²) in [5.41, 5.74) is 4.94. The highest BCUT2D eigenvalue weighted by Crippen LogP contribution is 2.35. The van der Waals surface area contributed by atoms with Gasteiger partial charge in [0.05, 0.1) is 28.2 Å². The zero-order chi connectivity index (χ0) is 24.4. The van der Waals surface area contributed by atoms with Gasteiger partial charge in [-0.15, -0.1) is 0 Å². The first-order chi connectivity index (χ1) is 17.0. The molecule has 2 aliphatic carbocycles. The minimum Gasteiger partial charge on any atom is -0.511 e. The van der Waals surface area contributed by atoms with Gasteiger partial charge in [0.2, 0.25) is 0 Å². The van der Waals surface area contributed by atoms with Crippen molar-refractivity contribution in [1.82, 2.24) is 5.16 Å². The van der Waals surface area contributed by atoms with Crippen molar-refractivity contribution in [2.75, 3.05) is 0 Å². The van der Waals surface area contributed by atoms with E-state index in [4.69, 9.17) is 9.52 Å². The fourth-order valence-corrected chi connectivity index (χ4v) is 5.03. The van der Waals surface area contributed by atoms with Crippen LogP contribution >= 0.6 is 0 Å². The molecule has 5 rings (SSSR count). The van der Waals surface area contributed by atoms with E-state index in [1.54, 1.807) is 0 Å². The third-order valence-electron chi connectivity index (χ3n) is 6.89. The van der Waals surface area contributed by atoms with Crippen molar-refractivity contribution >= 4 is 23.0 Å². The number of rotatable bonds is 5. The Morgan fingerprint density at radius 2 is 1.80 bits per heavy atom. The van der Waals surface area contributed by atoms with Crippen LogP contribution in [0.2, 0.25) is 0 Å². The Labute approximate surface area is 204 Å². The molecular formula is C29H28N2O4. The van der Waals surface area contributed by atoms with Crippen LogP contribution in [0.5, 0.6) is 0 Å². The third-order valence-corrected chi connectivity index (χ3v) is 6.89. The summed E-state index contributed by atoms with van der Waals surface area (Å²) in [6, 6.07) is 17.7. The van der Waals surface area contributed by atoms with E-state index in [0.29, 0.717) is 66.8 Å². The van der Waals surface area contributed by atoms with Crippen LogP contribution in [0.3, 0.4) is 0 Å². The van der Waals surface area contributed by atoms with Crippen LogP contribution in [0.4, 0.5) is 5.69 Å². The van der Waals surface area contributed by atoms with Crippen molar-refractivity contribution in [3.05, 3.63) is 94.1 Å². The van der Waals surface area contributed by atoms with Crippen molar-refractivity contribution in [3.63, 3.8) is 0 Å². The maximum Gasteiger partial charge on any atom is 0.168 e. The lowest BCUT2D eigenvalue weighted by Crippen LogP contribution is -2.21. The van der Waals surface area contributed by atoms with E-state index in [-0.39, 0.29) is 29.7 Å². The lowest BCUT2D eigenvalue weighted by molar-refractivity contribution is -0.115. The van der Waals surface area contributed by atoms with E-state index in [9.17, 15) is 14.7 Å². The molecular weight excluding hydrogens is 440 g/mol. The predicted molar refractivity (Wildman–Crippen MR) is 133 cm³/mol. The number of hydrogen-bond donors (Lipinski definition) is 1. The number of para-hydroxylation sites is 1. The molecule has 6 heteroatoms. The predicted octanol–water partition coefficient (Wildman–Crippen LogP) is 6.17. The smallest absolute Gasteiger partial charge is 0.168 e. The lowest BCUT2D eigenvalue weighted by Gasteiger charge is -2.20. The molecule has 6 nitrogen and oxygen atoms in total. The number of benzene rings is 2. The van der Waals surface area contributed by atoms with Crippen LogP contribution in [-0.2, 0) is 17.6 Å². The molecule has 0 radical (unpaired) electrons. The fourth-order valence-electron chi connectivity index (χ4n) is 5.03. The molecule has 0 aliphatic heterocycles. The lowest BCUT2D eigenvalue weighted by atomic mass is 9.81. The van der Waals surface area contributed by atoms with Gasteiger partial charge in [0.1, 0.15) is 11.5 Å². The van der Waals surface area contributed by atoms with Gasteiger partial charge in [-0.3, -0.25) is 14.6 Å². The van der Waals surface area contributed by atoms with Crippen LogP contribution in [0.25, 0.3) is 0 Å². The highest BCUT2D eigenvalue weighted by molar-refractivity contribution is 6.24. The van der Waals surface area contributed by atoms with Gasteiger partial charge in [0.25, 0.3) is 0 Å². The number of carbonyl (C=O) groups is 2. The van der Waals surface area contributed by atoms with Crippen molar-refractivity contribution in [1.29, 1.82) is 0 Å². The van der Waals surface area contributed by atoms with E-state index < -0.39 is 0 Å². The Bertz CT molecular complexity index is 1330. The Balaban J connectivity index is 1.37. The number of fused-ring (bicyclic) bond motifs is 1. The number of ketones is 2.